The summed E-state index contributed by atoms with van der Waals surface area (Å²) in [5, 5.41) is 6.61. The van der Waals surface area contributed by atoms with Crippen LogP contribution in [0.1, 0.15) is 27.6 Å². The highest BCUT2D eigenvalue weighted by Crippen LogP contribution is 2.13. The van der Waals surface area contributed by atoms with Gasteiger partial charge in [0, 0.05) is 31.4 Å². The van der Waals surface area contributed by atoms with Gasteiger partial charge in [0.15, 0.2) is 6.61 Å². The molecule has 1 aromatic carbocycles. The van der Waals surface area contributed by atoms with Crippen molar-refractivity contribution >= 4 is 5.91 Å². The molecule has 7 nitrogen and oxygen atoms in total. The SMILES string of the molecule is Cc1nc(COc2ccc(C(=O)NCc3ccncc3)cc2)no1. The van der Waals surface area contributed by atoms with Crippen molar-refractivity contribution in [1.82, 2.24) is 20.4 Å². The zero-order valence-electron chi connectivity index (χ0n) is 13.1. The number of ether oxygens (including phenoxy) is 1. The minimum absolute atomic E-state index is 0.146. The Hall–Kier alpha value is -3.22. The first-order chi connectivity index (χ1) is 11.7. The molecule has 122 valence electrons. The molecule has 0 aliphatic carbocycles. The molecule has 3 aromatic rings. The fourth-order valence-electron chi connectivity index (χ4n) is 2.04. The summed E-state index contributed by atoms with van der Waals surface area (Å²) >= 11 is 0. The molecule has 1 amide bonds. The number of nitrogens with one attached hydrogen (secondary N) is 1. The number of aryl methyl sites for hydroxylation is 1. The number of benzene rings is 1. The van der Waals surface area contributed by atoms with E-state index in [1.54, 1.807) is 43.6 Å². The van der Waals surface area contributed by atoms with Gasteiger partial charge in [-0.05, 0) is 42.0 Å². The number of pyridine rings is 1. The molecule has 0 saturated carbocycles. The Bertz CT molecular complexity index is 800. The summed E-state index contributed by atoms with van der Waals surface area (Å²) < 4.78 is 10.4. The van der Waals surface area contributed by atoms with Gasteiger partial charge in [-0.25, -0.2) is 0 Å². The Labute approximate surface area is 138 Å². The highest BCUT2D eigenvalue weighted by Gasteiger charge is 2.07. The molecule has 1 N–H and O–H groups in total. The lowest BCUT2D eigenvalue weighted by molar-refractivity contribution is 0.0951. The largest absolute Gasteiger partial charge is 0.485 e. The smallest absolute Gasteiger partial charge is 0.251 e. The number of nitrogens with zero attached hydrogens (tertiary/aromatic N) is 3. The van der Waals surface area contributed by atoms with Crippen LogP contribution in [0.3, 0.4) is 0 Å². The normalized spacial score (nSPS) is 10.4. The third-order valence-electron chi connectivity index (χ3n) is 3.26. The first-order valence-electron chi connectivity index (χ1n) is 7.40. The summed E-state index contributed by atoms with van der Waals surface area (Å²) in [7, 11) is 0. The number of hydrogen-bond acceptors (Lipinski definition) is 6. The maximum absolute atomic E-state index is 12.1. The average Bonchev–Trinajstić information content (AvgIpc) is 3.04. The van der Waals surface area contributed by atoms with Crippen molar-refractivity contribution in [3.8, 4) is 5.75 Å². The summed E-state index contributed by atoms with van der Waals surface area (Å²) in [5.41, 5.74) is 1.56. The fourth-order valence-corrected chi connectivity index (χ4v) is 2.04. The minimum Gasteiger partial charge on any atom is -0.485 e. The summed E-state index contributed by atoms with van der Waals surface area (Å²) in [6.07, 6.45) is 3.39. The molecule has 24 heavy (non-hydrogen) atoms. The zero-order chi connectivity index (χ0) is 16.8. The predicted octanol–water partition coefficient (Wildman–Crippen LogP) is 2.28. The Morgan fingerprint density at radius 1 is 1.17 bits per heavy atom. The van der Waals surface area contributed by atoms with Crippen LogP contribution in [0.4, 0.5) is 0 Å². The van der Waals surface area contributed by atoms with Gasteiger partial charge in [0.1, 0.15) is 5.75 Å². The van der Waals surface area contributed by atoms with Crippen LogP contribution in [0.2, 0.25) is 0 Å². The average molecular weight is 324 g/mol. The van der Waals surface area contributed by atoms with Crippen molar-refractivity contribution in [1.29, 1.82) is 0 Å². The second-order valence-electron chi connectivity index (χ2n) is 5.08. The van der Waals surface area contributed by atoms with E-state index in [2.05, 4.69) is 20.4 Å². The third-order valence-corrected chi connectivity index (χ3v) is 3.26. The first kappa shape index (κ1) is 15.7. The Morgan fingerprint density at radius 3 is 2.58 bits per heavy atom. The summed E-state index contributed by atoms with van der Waals surface area (Å²) in [6.45, 7) is 2.39. The molecule has 0 aliphatic heterocycles. The van der Waals surface area contributed by atoms with Gasteiger partial charge < -0.3 is 14.6 Å². The Morgan fingerprint density at radius 2 is 1.92 bits per heavy atom. The molecule has 0 unspecified atom stereocenters. The second-order valence-corrected chi connectivity index (χ2v) is 5.08. The summed E-state index contributed by atoms with van der Waals surface area (Å²) in [4.78, 5) is 20.1. The molecule has 0 fully saturated rings. The quantitative estimate of drug-likeness (QED) is 0.748. The molecule has 3 rings (SSSR count). The van der Waals surface area contributed by atoms with Crippen molar-refractivity contribution in [2.45, 2.75) is 20.1 Å². The van der Waals surface area contributed by atoms with Gasteiger partial charge in [0.25, 0.3) is 5.91 Å². The van der Waals surface area contributed by atoms with Crippen LogP contribution in [0, 0.1) is 6.92 Å². The van der Waals surface area contributed by atoms with Crippen LogP contribution in [-0.2, 0) is 13.2 Å². The lowest BCUT2D eigenvalue weighted by Gasteiger charge is -2.07. The number of carbonyl (C=O) groups excluding carboxylic acids is 1. The van der Waals surface area contributed by atoms with Crippen LogP contribution >= 0.6 is 0 Å². The molecule has 0 bridgehead atoms. The highest BCUT2D eigenvalue weighted by atomic mass is 16.5. The van der Waals surface area contributed by atoms with E-state index in [0.29, 0.717) is 29.6 Å². The molecular formula is C17H16N4O3. The lowest BCUT2D eigenvalue weighted by Crippen LogP contribution is -2.22. The van der Waals surface area contributed by atoms with Gasteiger partial charge in [0.05, 0.1) is 0 Å². The van der Waals surface area contributed by atoms with Gasteiger partial charge in [-0.2, -0.15) is 4.98 Å². The molecule has 2 heterocycles. The van der Waals surface area contributed by atoms with E-state index in [0.717, 1.165) is 5.56 Å². The topological polar surface area (TPSA) is 90.1 Å². The maximum atomic E-state index is 12.1. The number of carbonyl (C=O) groups is 1. The van der Waals surface area contributed by atoms with Gasteiger partial charge in [0.2, 0.25) is 11.7 Å². The fraction of sp³-hybridized carbons (Fsp3) is 0.176. The minimum atomic E-state index is -0.146. The molecule has 0 spiro atoms. The third kappa shape index (κ3) is 4.16. The van der Waals surface area contributed by atoms with Gasteiger partial charge >= 0.3 is 0 Å². The number of hydrogen-bond donors (Lipinski definition) is 1. The molecule has 0 radical (unpaired) electrons. The molecule has 2 aromatic heterocycles. The van der Waals surface area contributed by atoms with Crippen molar-refractivity contribution in [2.75, 3.05) is 0 Å². The number of rotatable bonds is 6. The first-order valence-corrected chi connectivity index (χ1v) is 7.40. The zero-order valence-corrected chi connectivity index (χ0v) is 13.1. The van der Waals surface area contributed by atoms with E-state index in [-0.39, 0.29) is 12.5 Å². The van der Waals surface area contributed by atoms with Gasteiger partial charge in [-0.3, -0.25) is 9.78 Å². The molecule has 0 atom stereocenters. The molecular weight excluding hydrogens is 308 g/mol. The van der Waals surface area contributed by atoms with Gasteiger partial charge in [-0.15, -0.1) is 0 Å². The second kappa shape index (κ2) is 7.36. The number of aromatic nitrogens is 3. The summed E-state index contributed by atoms with van der Waals surface area (Å²) in [6, 6.07) is 10.6. The Kier molecular flexibility index (Phi) is 4.81. The molecule has 7 heteroatoms. The van der Waals surface area contributed by atoms with Crippen molar-refractivity contribution in [3.63, 3.8) is 0 Å². The van der Waals surface area contributed by atoms with E-state index in [4.69, 9.17) is 9.26 Å². The van der Waals surface area contributed by atoms with E-state index < -0.39 is 0 Å². The molecule has 0 aliphatic rings. The van der Waals surface area contributed by atoms with Crippen LogP contribution < -0.4 is 10.1 Å². The lowest BCUT2D eigenvalue weighted by atomic mass is 10.2. The van der Waals surface area contributed by atoms with Crippen LogP contribution in [-0.4, -0.2) is 21.0 Å². The van der Waals surface area contributed by atoms with E-state index in [1.165, 1.54) is 0 Å². The van der Waals surface area contributed by atoms with Crippen molar-refractivity contribution in [2.24, 2.45) is 0 Å². The van der Waals surface area contributed by atoms with Crippen LogP contribution in [0.25, 0.3) is 0 Å². The van der Waals surface area contributed by atoms with E-state index >= 15 is 0 Å². The number of amides is 1. The van der Waals surface area contributed by atoms with Crippen molar-refractivity contribution < 1.29 is 14.1 Å². The van der Waals surface area contributed by atoms with E-state index in [9.17, 15) is 4.79 Å². The standard InChI is InChI=1S/C17H16N4O3/c1-12-20-16(21-24-12)11-23-15-4-2-14(3-5-15)17(22)19-10-13-6-8-18-9-7-13/h2-9H,10-11H2,1H3,(H,19,22). The summed E-state index contributed by atoms with van der Waals surface area (Å²) in [5.74, 6) is 1.46. The predicted molar refractivity (Wildman–Crippen MR) is 85.2 cm³/mol. The van der Waals surface area contributed by atoms with Gasteiger partial charge in [-0.1, -0.05) is 5.16 Å². The molecule has 0 saturated heterocycles. The Balaban J connectivity index is 1.52. The maximum Gasteiger partial charge on any atom is 0.251 e. The van der Waals surface area contributed by atoms with Crippen LogP contribution in [0.15, 0.2) is 53.3 Å². The highest BCUT2D eigenvalue weighted by molar-refractivity contribution is 5.94. The van der Waals surface area contributed by atoms with Crippen LogP contribution in [0.5, 0.6) is 5.75 Å². The van der Waals surface area contributed by atoms with E-state index in [1.807, 2.05) is 12.1 Å². The van der Waals surface area contributed by atoms with Crippen molar-refractivity contribution in [3.05, 3.63) is 71.6 Å². The monoisotopic (exact) mass is 324 g/mol.